The predicted octanol–water partition coefficient (Wildman–Crippen LogP) is 6.55. The fraction of sp³-hybridized carbons (Fsp3) is 0.250. The van der Waals surface area contributed by atoms with E-state index in [1.54, 1.807) is 12.1 Å². The lowest BCUT2D eigenvalue weighted by molar-refractivity contribution is 0.264. The average molecular weight is 493 g/mol. The van der Waals surface area contributed by atoms with E-state index in [-0.39, 0.29) is 6.61 Å². The molecule has 0 fully saturated rings. The molecule has 0 amide bonds. The minimum Gasteiger partial charge on any atom is -0.490 e. The maximum Gasteiger partial charge on any atom is 0.175 e. The van der Waals surface area contributed by atoms with Crippen LogP contribution < -0.4 is 14.8 Å². The van der Waals surface area contributed by atoms with Gasteiger partial charge >= 0.3 is 0 Å². The van der Waals surface area contributed by atoms with E-state index < -0.39 is 5.82 Å². The van der Waals surface area contributed by atoms with Gasteiger partial charge in [-0.3, -0.25) is 0 Å². The quantitative estimate of drug-likeness (QED) is 0.325. The summed E-state index contributed by atoms with van der Waals surface area (Å²) in [7, 11) is 0. The molecule has 3 aromatic rings. The van der Waals surface area contributed by atoms with Crippen LogP contribution in [0.15, 0.2) is 65.1 Å². The summed E-state index contributed by atoms with van der Waals surface area (Å²) in [6.07, 6.45) is 0.963. The van der Waals surface area contributed by atoms with Crippen molar-refractivity contribution in [1.82, 2.24) is 5.32 Å². The number of hydrogen-bond donors (Lipinski definition) is 1. The van der Waals surface area contributed by atoms with Gasteiger partial charge in [0.25, 0.3) is 0 Å². The molecular weight excluding hydrogens is 469 g/mol. The highest BCUT2D eigenvalue weighted by Crippen LogP contribution is 2.38. The third-order valence-corrected chi connectivity index (χ3v) is 5.50. The third kappa shape index (κ3) is 6.21. The summed E-state index contributed by atoms with van der Waals surface area (Å²) in [5.41, 5.74) is 2.69. The molecular formula is C24H24BrClFNO2. The molecule has 0 aliphatic heterocycles. The van der Waals surface area contributed by atoms with E-state index in [4.69, 9.17) is 21.1 Å². The first-order valence-electron chi connectivity index (χ1n) is 9.84. The topological polar surface area (TPSA) is 30.5 Å². The normalized spacial score (nSPS) is 10.8. The number of halogens is 3. The highest BCUT2D eigenvalue weighted by molar-refractivity contribution is 9.10. The van der Waals surface area contributed by atoms with Gasteiger partial charge in [0, 0.05) is 12.1 Å². The monoisotopic (exact) mass is 491 g/mol. The van der Waals surface area contributed by atoms with Gasteiger partial charge in [-0.2, -0.15) is 0 Å². The molecule has 3 aromatic carbocycles. The lowest BCUT2D eigenvalue weighted by Crippen LogP contribution is -2.17. The van der Waals surface area contributed by atoms with Gasteiger partial charge in [-0.05, 0) is 71.2 Å². The highest BCUT2D eigenvalue weighted by Gasteiger charge is 2.15. The summed E-state index contributed by atoms with van der Waals surface area (Å²) < 4.78 is 26.5. The van der Waals surface area contributed by atoms with E-state index in [9.17, 15) is 4.39 Å². The Kier molecular flexibility index (Phi) is 8.55. The number of ether oxygens (including phenoxy) is 2. The van der Waals surface area contributed by atoms with Gasteiger partial charge in [-0.1, -0.05) is 48.0 Å². The Labute approximate surface area is 190 Å². The number of hydrogen-bond acceptors (Lipinski definition) is 3. The minimum atomic E-state index is -0.393. The van der Waals surface area contributed by atoms with Gasteiger partial charge in [0.05, 0.1) is 16.1 Å². The Morgan fingerprint density at radius 2 is 1.80 bits per heavy atom. The zero-order valence-corrected chi connectivity index (χ0v) is 19.1. The zero-order valence-electron chi connectivity index (χ0n) is 16.8. The van der Waals surface area contributed by atoms with Crippen molar-refractivity contribution in [2.24, 2.45) is 0 Å². The van der Waals surface area contributed by atoms with Crippen molar-refractivity contribution in [3.8, 4) is 11.5 Å². The summed E-state index contributed by atoms with van der Waals surface area (Å²) in [6, 6.07) is 18.9. The highest BCUT2D eigenvalue weighted by atomic mass is 79.9. The molecule has 0 unspecified atom stereocenters. The van der Waals surface area contributed by atoms with Gasteiger partial charge < -0.3 is 14.8 Å². The number of nitrogens with one attached hydrogen (secondary N) is 1. The Bertz CT molecular complexity index is 949. The Morgan fingerprint density at radius 3 is 2.53 bits per heavy atom. The van der Waals surface area contributed by atoms with Gasteiger partial charge in [-0.15, -0.1) is 0 Å². The molecule has 0 saturated carbocycles. The van der Waals surface area contributed by atoms with Crippen LogP contribution in [0.5, 0.6) is 11.5 Å². The second-order valence-electron chi connectivity index (χ2n) is 6.74. The van der Waals surface area contributed by atoms with E-state index in [0.29, 0.717) is 35.2 Å². The van der Waals surface area contributed by atoms with E-state index in [1.165, 1.54) is 11.6 Å². The standard InChI is InChI=1S/C24H24BrClFNO2/c1-2-29-23-14-18(15-28-12-11-17-7-4-3-5-8-17)13-20(25)24(23)30-16-19-21(26)9-6-10-22(19)27/h3-10,13-14,28H,2,11-12,15-16H2,1H3. The summed E-state index contributed by atoms with van der Waals surface area (Å²) >= 11 is 9.67. The van der Waals surface area contributed by atoms with E-state index in [2.05, 4.69) is 33.4 Å². The molecule has 6 heteroatoms. The fourth-order valence-electron chi connectivity index (χ4n) is 3.05. The van der Waals surface area contributed by atoms with Crippen LogP contribution in [0.3, 0.4) is 0 Å². The van der Waals surface area contributed by atoms with Crippen LogP contribution in [-0.4, -0.2) is 13.2 Å². The largest absolute Gasteiger partial charge is 0.490 e. The Morgan fingerprint density at radius 1 is 1.00 bits per heavy atom. The molecule has 3 nitrogen and oxygen atoms in total. The molecule has 0 aromatic heterocycles. The third-order valence-electron chi connectivity index (χ3n) is 4.55. The summed E-state index contributed by atoms with van der Waals surface area (Å²) in [6.45, 7) is 3.99. The van der Waals surface area contributed by atoms with Gasteiger partial charge in [0.1, 0.15) is 12.4 Å². The molecule has 0 saturated heterocycles. The number of rotatable bonds is 10. The fourth-order valence-corrected chi connectivity index (χ4v) is 3.87. The Hall–Kier alpha value is -2.08. The SMILES string of the molecule is CCOc1cc(CNCCc2ccccc2)cc(Br)c1OCc1c(F)cccc1Cl. The van der Waals surface area contributed by atoms with Crippen LogP contribution >= 0.6 is 27.5 Å². The molecule has 0 spiro atoms. The second kappa shape index (κ2) is 11.3. The van der Waals surface area contributed by atoms with Crippen LogP contribution in [0.2, 0.25) is 5.02 Å². The van der Waals surface area contributed by atoms with Gasteiger partial charge in [0.2, 0.25) is 0 Å². The van der Waals surface area contributed by atoms with E-state index in [1.807, 2.05) is 37.3 Å². The number of benzene rings is 3. The summed E-state index contributed by atoms with van der Waals surface area (Å²) in [5, 5.41) is 3.79. The van der Waals surface area contributed by atoms with Crippen LogP contribution in [0.4, 0.5) is 4.39 Å². The molecule has 1 N–H and O–H groups in total. The molecule has 0 heterocycles. The van der Waals surface area contributed by atoms with Gasteiger partial charge in [-0.25, -0.2) is 4.39 Å². The molecule has 0 aliphatic rings. The van der Waals surface area contributed by atoms with Crippen molar-refractivity contribution in [2.75, 3.05) is 13.2 Å². The van der Waals surface area contributed by atoms with Crippen LogP contribution in [0.25, 0.3) is 0 Å². The Balaban J connectivity index is 1.66. The van der Waals surface area contributed by atoms with Crippen molar-refractivity contribution in [3.05, 3.63) is 92.7 Å². The van der Waals surface area contributed by atoms with Crippen molar-refractivity contribution in [3.63, 3.8) is 0 Å². The maximum atomic E-state index is 14.0. The van der Waals surface area contributed by atoms with Crippen molar-refractivity contribution in [2.45, 2.75) is 26.5 Å². The molecule has 0 radical (unpaired) electrons. The zero-order chi connectivity index (χ0) is 21.3. The lowest BCUT2D eigenvalue weighted by Gasteiger charge is -2.16. The summed E-state index contributed by atoms with van der Waals surface area (Å²) in [5.74, 6) is 0.749. The molecule has 158 valence electrons. The lowest BCUT2D eigenvalue weighted by atomic mass is 10.1. The van der Waals surface area contributed by atoms with Crippen LogP contribution in [0, 0.1) is 5.82 Å². The van der Waals surface area contributed by atoms with Crippen molar-refractivity contribution in [1.29, 1.82) is 0 Å². The van der Waals surface area contributed by atoms with Crippen molar-refractivity contribution < 1.29 is 13.9 Å². The molecule has 30 heavy (non-hydrogen) atoms. The first kappa shape index (κ1) is 22.6. The molecule has 0 atom stereocenters. The van der Waals surface area contributed by atoms with E-state index >= 15 is 0 Å². The minimum absolute atomic E-state index is 0.0128. The summed E-state index contributed by atoms with van der Waals surface area (Å²) in [4.78, 5) is 0. The average Bonchev–Trinajstić information content (AvgIpc) is 2.73. The van der Waals surface area contributed by atoms with Crippen LogP contribution in [0.1, 0.15) is 23.6 Å². The second-order valence-corrected chi connectivity index (χ2v) is 8.00. The van der Waals surface area contributed by atoms with Crippen molar-refractivity contribution >= 4 is 27.5 Å². The first-order chi connectivity index (χ1) is 14.6. The smallest absolute Gasteiger partial charge is 0.175 e. The van der Waals surface area contributed by atoms with E-state index in [0.717, 1.165) is 23.0 Å². The molecule has 0 aliphatic carbocycles. The molecule has 3 rings (SSSR count). The first-order valence-corrected chi connectivity index (χ1v) is 11.0. The predicted molar refractivity (Wildman–Crippen MR) is 123 cm³/mol. The maximum absolute atomic E-state index is 14.0. The van der Waals surface area contributed by atoms with Gasteiger partial charge in [0.15, 0.2) is 11.5 Å². The van der Waals surface area contributed by atoms with Crippen LogP contribution in [-0.2, 0) is 19.6 Å². The molecule has 0 bridgehead atoms.